The fourth-order valence-corrected chi connectivity index (χ4v) is 7.53. The Balaban J connectivity index is 1.21. The van der Waals surface area contributed by atoms with E-state index in [1.54, 1.807) is 17.0 Å². The normalized spacial score (nSPS) is 31.5. The lowest BCUT2D eigenvalue weighted by atomic mass is 9.49. The van der Waals surface area contributed by atoms with E-state index < -0.39 is 6.04 Å². The van der Waals surface area contributed by atoms with Gasteiger partial charge in [0.05, 0.1) is 12.0 Å². The summed E-state index contributed by atoms with van der Waals surface area (Å²) in [6.07, 6.45) is 8.35. The topological polar surface area (TPSA) is 69.7 Å². The van der Waals surface area contributed by atoms with Gasteiger partial charge in [-0.25, -0.2) is 4.39 Å². The van der Waals surface area contributed by atoms with Gasteiger partial charge < -0.3 is 15.1 Å². The molecule has 4 saturated carbocycles. The predicted octanol–water partition coefficient (Wildman–Crippen LogP) is 3.50. The molecule has 0 aromatic heterocycles. The van der Waals surface area contributed by atoms with Crippen LogP contribution in [0.5, 0.6) is 0 Å². The maximum atomic E-state index is 13.9. The van der Waals surface area contributed by atoms with Crippen molar-refractivity contribution in [2.24, 2.45) is 23.2 Å². The Bertz CT molecular complexity index is 912. The molecule has 6 rings (SSSR count). The van der Waals surface area contributed by atoms with Crippen LogP contribution in [0.25, 0.3) is 0 Å². The minimum atomic E-state index is -0.453. The molecule has 1 aromatic rings. The van der Waals surface area contributed by atoms with Gasteiger partial charge in [-0.15, -0.1) is 0 Å². The van der Waals surface area contributed by atoms with Crippen LogP contribution >= 0.6 is 0 Å². The van der Waals surface area contributed by atoms with Crippen LogP contribution < -0.4 is 5.32 Å². The summed E-state index contributed by atoms with van der Waals surface area (Å²) >= 11 is 0. The summed E-state index contributed by atoms with van der Waals surface area (Å²) in [7, 11) is 0. The molecule has 1 aromatic carbocycles. The molecular formula is C27H36FN3O3. The zero-order chi connectivity index (χ0) is 23.9. The Morgan fingerprint density at radius 1 is 1.06 bits per heavy atom. The maximum Gasteiger partial charge on any atom is 0.245 e. The molecule has 5 fully saturated rings. The van der Waals surface area contributed by atoms with Crippen molar-refractivity contribution in [2.45, 2.75) is 70.9 Å². The van der Waals surface area contributed by atoms with Gasteiger partial charge in [-0.3, -0.25) is 14.4 Å². The Kier molecular flexibility index (Phi) is 6.38. The summed E-state index contributed by atoms with van der Waals surface area (Å²) in [4.78, 5) is 43.3. The molecule has 5 aliphatic rings. The van der Waals surface area contributed by atoms with E-state index in [9.17, 15) is 18.8 Å². The number of likely N-dealkylation sites (N-methyl/N-ethyl adjacent to an activating group) is 1. The Morgan fingerprint density at radius 3 is 2.26 bits per heavy atom. The quantitative estimate of drug-likeness (QED) is 0.665. The van der Waals surface area contributed by atoms with Gasteiger partial charge in [0.1, 0.15) is 11.9 Å². The zero-order valence-electron chi connectivity index (χ0n) is 20.1. The zero-order valence-corrected chi connectivity index (χ0v) is 20.1. The molecule has 1 atom stereocenters. The molecule has 6 nitrogen and oxygen atoms in total. The highest BCUT2D eigenvalue weighted by Gasteiger charge is 2.57. The van der Waals surface area contributed by atoms with E-state index in [0.717, 1.165) is 31.2 Å². The Labute approximate surface area is 201 Å². The number of rotatable bonds is 7. The van der Waals surface area contributed by atoms with Crippen LogP contribution in [-0.2, 0) is 20.9 Å². The van der Waals surface area contributed by atoms with E-state index in [1.165, 1.54) is 31.4 Å². The lowest BCUT2D eigenvalue weighted by molar-refractivity contribution is -0.162. The number of halogens is 1. The molecule has 184 valence electrons. The molecule has 4 aliphatic carbocycles. The monoisotopic (exact) mass is 469 g/mol. The second-order valence-electron chi connectivity index (χ2n) is 11.1. The van der Waals surface area contributed by atoms with Crippen molar-refractivity contribution in [3.8, 4) is 0 Å². The van der Waals surface area contributed by atoms with Crippen LogP contribution in [0.2, 0.25) is 0 Å². The van der Waals surface area contributed by atoms with Gasteiger partial charge in [0, 0.05) is 19.6 Å². The molecule has 1 aliphatic heterocycles. The van der Waals surface area contributed by atoms with Gasteiger partial charge in [0.2, 0.25) is 17.7 Å². The third-order valence-corrected chi connectivity index (χ3v) is 8.72. The van der Waals surface area contributed by atoms with Crippen LogP contribution in [0.4, 0.5) is 4.39 Å². The van der Waals surface area contributed by atoms with Gasteiger partial charge >= 0.3 is 0 Å². The highest BCUT2D eigenvalue weighted by Crippen LogP contribution is 2.60. The first-order chi connectivity index (χ1) is 16.4. The summed E-state index contributed by atoms with van der Waals surface area (Å²) in [5.41, 5.74) is 0.550. The molecule has 7 heteroatoms. The fraction of sp³-hybridized carbons (Fsp3) is 0.667. The van der Waals surface area contributed by atoms with E-state index >= 15 is 0 Å². The minimum absolute atomic E-state index is 0.0353. The second kappa shape index (κ2) is 9.31. The average Bonchev–Trinajstić information content (AvgIpc) is 3.30. The molecule has 4 bridgehead atoms. The van der Waals surface area contributed by atoms with Crippen LogP contribution in [0.15, 0.2) is 24.3 Å². The summed E-state index contributed by atoms with van der Waals surface area (Å²) < 4.78 is 13.1. The van der Waals surface area contributed by atoms with E-state index in [2.05, 4.69) is 5.32 Å². The third kappa shape index (κ3) is 4.46. The first-order valence-electron chi connectivity index (χ1n) is 13.0. The minimum Gasteiger partial charge on any atom is -0.350 e. The maximum absolute atomic E-state index is 13.9. The molecule has 1 N–H and O–H groups in total. The fourth-order valence-electron chi connectivity index (χ4n) is 7.53. The van der Waals surface area contributed by atoms with Crippen molar-refractivity contribution in [3.63, 3.8) is 0 Å². The lowest BCUT2D eigenvalue weighted by Gasteiger charge is -2.56. The van der Waals surface area contributed by atoms with Crippen molar-refractivity contribution in [3.05, 3.63) is 35.6 Å². The summed E-state index contributed by atoms with van der Waals surface area (Å²) in [6, 6.07) is 5.53. The van der Waals surface area contributed by atoms with Gasteiger partial charge in [-0.05, 0) is 93.7 Å². The van der Waals surface area contributed by atoms with Gasteiger partial charge in [-0.1, -0.05) is 12.1 Å². The van der Waals surface area contributed by atoms with Crippen LogP contribution in [-0.4, -0.2) is 53.2 Å². The molecule has 3 amide bonds. The molecule has 1 unspecified atom stereocenters. The lowest BCUT2D eigenvalue weighted by Crippen LogP contribution is -2.58. The number of carbonyl (C=O) groups is 3. The summed E-state index contributed by atoms with van der Waals surface area (Å²) in [6.45, 7) is 3.17. The highest BCUT2D eigenvalue weighted by atomic mass is 19.1. The Morgan fingerprint density at radius 2 is 1.68 bits per heavy atom. The summed E-state index contributed by atoms with van der Waals surface area (Å²) in [5.74, 6) is 1.57. The number of likely N-dealkylation sites (tertiary alicyclic amines) is 1. The average molecular weight is 470 g/mol. The smallest absolute Gasteiger partial charge is 0.245 e. The first kappa shape index (κ1) is 23.3. The SMILES string of the molecule is CCN(CC(=O)NCc1ccc(F)cc1)C(=O)C1CCCN1C(=O)C12CC3CC(CC(C3)C1)C2. The van der Waals surface area contributed by atoms with Crippen molar-refractivity contribution in [1.82, 2.24) is 15.1 Å². The summed E-state index contributed by atoms with van der Waals surface area (Å²) in [5, 5.41) is 2.82. The molecule has 1 heterocycles. The number of carbonyl (C=O) groups excluding carboxylic acids is 3. The van der Waals surface area contributed by atoms with Crippen molar-refractivity contribution in [2.75, 3.05) is 19.6 Å². The van der Waals surface area contributed by atoms with Crippen LogP contribution in [0.1, 0.15) is 63.9 Å². The van der Waals surface area contributed by atoms with Crippen molar-refractivity contribution in [1.29, 1.82) is 0 Å². The third-order valence-electron chi connectivity index (χ3n) is 8.72. The van der Waals surface area contributed by atoms with Gasteiger partial charge in [0.15, 0.2) is 0 Å². The van der Waals surface area contributed by atoms with E-state index in [0.29, 0.717) is 37.3 Å². The highest BCUT2D eigenvalue weighted by molar-refractivity contribution is 5.92. The van der Waals surface area contributed by atoms with Crippen molar-refractivity contribution >= 4 is 17.7 Å². The molecule has 34 heavy (non-hydrogen) atoms. The number of amides is 3. The number of nitrogens with zero attached hydrogens (tertiary/aromatic N) is 2. The number of hydrogen-bond acceptors (Lipinski definition) is 3. The second-order valence-corrected chi connectivity index (χ2v) is 11.1. The number of nitrogens with one attached hydrogen (secondary N) is 1. The predicted molar refractivity (Wildman–Crippen MR) is 126 cm³/mol. The first-order valence-corrected chi connectivity index (χ1v) is 13.0. The molecule has 0 radical (unpaired) electrons. The van der Waals surface area contributed by atoms with Gasteiger partial charge in [-0.2, -0.15) is 0 Å². The standard InChI is InChI=1S/C27H36FN3O3/c1-2-30(17-24(32)29-16-18-5-7-22(28)8-6-18)25(33)23-4-3-9-31(23)26(34)27-13-19-10-20(14-27)12-21(11-19)15-27/h5-8,19-21,23H,2-4,9-17H2,1H3,(H,29,32). The number of benzene rings is 1. The van der Waals surface area contributed by atoms with Crippen LogP contribution in [0.3, 0.4) is 0 Å². The number of hydrogen-bond donors (Lipinski definition) is 1. The van der Waals surface area contributed by atoms with Crippen molar-refractivity contribution < 1.29 is 18.8 Å². The van der Waals surface area contributed by atoms with E-state index in [4.69, 9.17) is 0 Å². The van der Waals surface area contributed by atoms with E-state index in [1.807, 2.05) is 11.8 Å². The Hall–Kier alpha value is -2.44. The molecule has 1 saturated heterocycles. The largest absolute Gasteiger partial charge is 0.350 e. The molecule has 0 spiro atoms. The molecular weight excluding hydrogens is 433 g/mol. The van der Waals surface area contributed by atoms with Crippen LogP contribution in [0, 0.1) is 29.0 Å². The van der Waals surface area contributed by atoms with Gasteiger partial charge in [0.25, 0.3) is 0 Å². The van der Waals surface area contributed by atoms with E-state index in [-0.39, 0.29) is 42.0 Å².